The van der Waals surface area contributed by atoms with Crippen LogP contribution in [-0.4, -0.2) is 34.4 Å². The number of nitriles is 1. The third-order valence-corrected chi connectivity index (χ3v) is 3.63. The Balaban J connectivity index is 1.79. The Labute approximate surface area is 129 Å². The highest BCUT2D eigenvalue weighted by Gasteiger charge is 2.20. The van der Waals surface area contributed by atoms with Crippen LogP contribution in [0.2, 0.25) is 0 Å². The number of ether oxygens (including phenoxy) is 1. The Morgan fingerprint density at radius 1 is 1.32 bits per heavy atom. The van der Waals surface area contributed by atoms with E-state index in [1.54, 1.807) is 12.3 Å². The molecule has 0 N–H and O–H groups in total. The molecule has 0 aromatic carbocycles. The summed E-state index contributed by atoms with van der Waals surface area (Å²) in [5.74, 6) is 0.748. The molecule has 2 aromatic heterocycles. The molecule has 0 saturated carbocycles. The molecule has 6 heteroatoms. The summed E-state index contributed by atoms with van der Waals surface area (Å²) in [5, 5.41) is 16.9. The molecule has 3 heterocycles. The topological polar surface area (TPSA) is 74.9 Å². The molecule has 22 heavy (non-hydrogen) atoms. The number of rotatable bonds is 5. The molecule has 0 spiro atoms. The Morgan fingerprint density at radius 3 is 2.91 bits per heavy atom. The van der Waals surface area contributed by atoms with Crippen molar-refractivity contribution in [3.05, 3.63) is 47.9 Å². The molecule has 3 rings (SSSR count). The zero-order chi connectivity index (χ0) is 15.2. The van der Waals surface area contributed by atoms with Gasteiger partial charge in [-0.1, -0.05) is 6.07 Å². The van der Waals surface area contributed by atoms with E-state index in [0.717, 1.165) is 37.4 Å². The third-order valence-electron chi connectivity index (χ3n) is 3.63. The van der Waals surface area contributed by atoms with Crippen LogP contribution in [0.1, 0.15) is 24.1 Å². The average Bonchev–Trinajstić information content (AvgIpc) is 3.08. The lowest BCUT2D eigenvalue weighted by Gasteiger charge is -2.26. The van der Waals surface area contributed by atoms with Gasteiger partial charge in [-0.05, 0) is 36.6 Å². The normalized spacial score (nSPS) is 17.1. The lowest BCUT2D eigenvalue weighted by Crippen LogP contribution is -2.32. The number of aromatic nitrogens is 3. The van der Waals surface area contributed by atoms with E-state index in [9.17, 15) is 0 Å². The molecule has 2 aromatic rings. The van der Waals surface area contributed by atoms with Crippen molar-refractivity contribution in [1.82, 2.24) is 15.2 Å². The highest BCUT2D eigenvalue weighted by atomic mass is 16.5. The van der Waals surface area contributed by atoms with Crippen LogP contribution in [0, 0.1) is 11.3 Å². The maximum atomic E-state index is 8.84. The summed E-state index contributed by atoms with van der Waals surface area (Å²) in [7, 11) is 0. The first-order chi connectivity index (χ1) is 10.8. The molecule has 0 radical (unpaired) electrons. The summed E-state index contributed by atoms with van der Waals surface area (Å²) in [5.41, 5.74) is 1.42. The number of hydrogen-bond acceptors (Lipinski definition) is 6. The molecule has 1 fully saturated rings. The van der Waals surface area contributed by atoms with Gasteiger partial charge in [0.05, 0.1) is 6.10 Å². The lowest BCUT2D eigenvalue weighted by molar-refractivity contribution is 0.115. The highest BCUT2D eigenvalue weighted by molar-refractivity contribution is 5.40. The van der Waals surface area contributed by atoms with E-state index in [-0.39, 0.29) is 6.10 Å². The monoisotopic (exact) mass is 295 g/mol. The summed E-state index contributed by atoms with van der Waals surface area (Å²) < 4.78 is 5.73. The van der Waals surface area contributed by atoms with E-state index < -0.39 is 0 Å². The third kappa shape index (κ3) is 3.57. The van der Waals surface area contributed by atoms with E-state index in [0.29, 0.717) is 12.2 Å². The second kappa shape index (κ2) is 6.96. The minimum atomic E-state index is 0.217. The van der Waals surface area contributed by atoms with Gasteiger partial charge in [0.2, 0.25) is 0 Å². The molecule has 1 atom stereocenters. The van der Waals surface area contributed by atoms with Gasteiger partial charge in [-0.25, -0.2) is 0 Å². The predicted octanol–water partition coefficient (Wildman–Crippen LogP) is 1.93. The minimum Gasteiger partial charge on any atom is -0.376 e. The zero-order valence-electron chi connectivity index (χ0n) is 12.2. The molecule has 1 aliphatic rings. The van der Waals surface area contributed by atoms with E-state index in [4.69, 9.17) is 10.00 Å². The van der Waals surface area contributed by atoms with Gasteiger partial charge in [-0.2, -0.15) is 5.26 Å². The van der Waals surface area contributed by atoms with Crippen molar-refractivity contribution in [3.8, 4) is 6.07 Å². The van der Waals surface area contributed by atoms with Gasteiger partial charge in [0.1, 0.15) is 6.07 Å². The summed E-state index contributed by atoms with van der Waals surface area (Å²) in [6, 6.07) is 9.46. The van der Waals surface area contributed by atoms with Crippen LogP contribution in [0.15, 0.2) is 36.7 Å². The second-order valence-corrected chi connectivity index (χ2v) is 5.27. The van der Waals surface area contributed by atoms with Crippen molar-refractivity contribution in [1.29, 1.82) is 5.26 Å². The summed E-state index contributed by atoms with van der Waals surface area (Å²) in [4.78, 5) is 6.28. The maximum absolute atomic E-state index is 8.84. The largest absolute Gasteiger partial charge is 0.376 e. The van der Waals surface area contributed by atoms with Crippen LogP contribution < -0.4 is 4.90 Å². The van der Waals surface area contributed by atoms with Crippen molar-refractivity contribution in [3.63, 3.8) is 0 Å². The molecule has 112 valence electrons. The Bertz CT molecular complexity index is 632. The van der Waals surface area contributed by atoms with Gasteiger partial charge in [0, 0.05) is 32.1 Å². The Kier molecular flexibility index (Phi) is 4.56. The van der Waals surface area contributed by atoms with E-state index in [2.05, 4.69) is 20.1 Å². The number of pyridine rings is 1. The molecule has 1 aliphatic heterocycles. The van der Waals surface area contributed by atoms with E-state index in [1.807, 2.05) is 30.5 Å². The molecular weight excluding hydrogens is 278 g/mol. The van der Waals surface area contributed by atoms with Crippen LogP contribution in [-0.2, 0) is 11.3 Å². The highest BCUT2D eigenvalue weighted by Crippen LogP contribution is 2.19. The van der Waals surface area contributed by atoms with Crippen molar-refractivity contribution in [2.75, 3.05) is 18.1 Å². The quantitative estimate of drug-likeness (QED) is 0.839. The van der Waals surface area contributed by atoms with Crippen LogP contribution in [0.3, 0.4) is 0 Å². The van der Waals surface area contributed by atoms with Gasteiger partial charge in [-0.3, -0.25) is 4.98 Å². The van der Waals surface area contributed by atoms with Gasteiger partial charge in [0.15, 0.2) is 11.5 Å². The van der Waals surface area contributed by atoms with Crippen molar-refractivity contribution in [2.45, 2.75) is 25.5 Å². The van der Waals surface area contributed by atoms with Crippen LogP contribution in [0.4, 0.5) is 5.82 Å². The number of nitrogens with zero attached hydrogens (tertiary/aromatic N) is 5. The summed E-state index contributed by atoms with van der Waals surface area (Å²) in [6.07, 6.45) is 5.99. The first-order valence-corrected chi connectivity index (χ1v) is 7.34. The second-order valence-electron chi connectivity index (χ2n) is 5.27. The van der Waals surface area contributed by atoms with Crippen LogP contribution in [0.25, 0.3) is 0 Å². The fraction of sp³-hybridized carbons (Fsp3) is 0.375. The van der Waals surface area contributed by atoms with Crippen LogP contribution in [0.5, 0.6) is 0 Å². The number of hydrogen-bond donors (Lipinski definition) is 0. The first kappa shape index (κ1) is 14.4. The molecule has 6 nitrogen and oxygen atoms in total. The Hall–Kier alpha value is -2.52. The minimum absolute atomic E-state index is 0.217. The van der Waals surface area contributed by atoms with Crippen LogP contribution >= 0.6 is 0 Å². The standard InChI is InChI=1S/C16H17N5O/c17-9-14-5-6-16(20-19-14)21(12-15-4-2-8-22-15)11-13-3-1-7-18-10-13/h1,3,5-7,10,15H,2,4,8,11-12H2. The van der Waals surface area contributed by atoms with Gasteiger partial charge in [-0.15, -0.1) is 10.2 Å². The average molecular weight is 295 g/mol. The van der Waals surface area contributed by atoms with Crippen molar-refractivity contribution in [2.24, 2.45) is 0 Å². The SMILES string of the molecule is N#Cc1ccc(N(Cc2cccnc2)CC2CCCO2)nn1. The fourth-order valence-electron chi connectivity index (χ4n) is 2.54. The molecule has 1 unspecified atom stereocenters. The predicted molar refractivity (Wildman–Crippen MR) is 81.0 cm³/mol. The Morgan fingerprint density at radius 2 is 2.27 bits per heavy atom. The lowest BCUT2D eigenvalue weighted by atomic mass is 10.2. The van der Waals surface area contributed by atoms with Gasteiger partial charge >= 0.3 is 0 Å². The molecule has 1 saturated heterocycles. The first-order valence-electron chi connectivity index (χ1n) is 7.34. The maximum Gasteiger partial charge on any atom is 0.163 e. The smallest absolute Gasteiger partial charge is 0.163 e. The number of anilines is 1. The van der Waals surface area contributed by atoms with E-state index >= 15 is 0 Å². The molecule has 0 bridgehead atoms. The van der Waals surface area contributed by atoms with Gasteiger partial charge in [0.25, 0.3) is 0 Å². The van der Waals surface area contributed by atoms with E-state index in [1.165, 1.54) is 0 Å². The molecular formula is C16H17N5O. The molecule has 0 aliphatic carbocycles. The van der Waals surface area contributed by atoms with Gasteiger partial charge < -0.3 is 9.64 Å². The molecule has 0 amide bonds. The summed E-state index contributed by atoms with van der Waals surface area (Å²) >= 11 is 0. The zero-order valence-corrected chi connectivity index (χ0v) is 12.2. The fourth-order valence-corrected chi connectivity index (χ4v) is 2.54. The summed E-state index contributed by atoms with van der Waals surface area (Å²) in [6.45, 7) is 2.27. The van der Waals surface area contributed by atoms with Crippen molar-refractivity contribution >= 4 is 5.82 Å². The van der Waals surface area contributed by atoms with Crippen molar-refractivity contribution < 1.29 is 4.74 Å².